The number of hydrogen-bond acceptors (Lipinski definition) is 3. The van der Waals surface area contributed by atoms with Crippen LogP contribution in [0.15, 0.2) is 30.3 Å². The quantitative estimate of drug-likeness (QED) is 0.854. The molecule has 0 saturated carbocycles. The largest absolute Gasteiger partial charge is 0.350 e. The number of rotatable bonds is 3. The Morgan fingerprint density at radius 1 is 1.19 bits per heavy atom. The van der Waals surface area contributed by atoms with Gasteiger partial charge in [-0.3, -0.25) is 19.4 Å². The molecule has 0 aromatic heterocycles. The van der Waals surface area contributed by atoms with Crippen LogP contribution in [0.2, 0.25) is 0 Å². The summed E-state index contributed by atoms with van der Waals surface area (Å²) in [5.74, 6) is -0.716. The summed E-state index contributed by atoms with van der Waals surface area (Å²) >= 11 is 0. The Balaban J connectivity index is 2.07. The third kappa shape index (κ3) is 3.59. The number of nitrogens with zero attached hydrogens (tertiary/aromatic N) is 2. The van der Waals surface area contributed by atoms with Crippen molar-refractivity contribution in [2.24, 2.45) is 0 Å². The summed E-state index contributed by atoms with van der Waals surface area (Å²) < 4.78 is 0. The van der Waals surface area contributed by atoms with E-state index in [-0.39, 0.29) is 24.9 Å². The van der Waals surface area contributed by atoms with Crippen molar-refractivity contribution in [1.29, 1.82) is 0 Å². The van der Waals surface area contributed by atoms with E-state index < -0.39 is 11.6 Å². The fourth-order valence-electron chi connectivity index (χ4n) is 2.11. The van der Waals surface area contributed by atoms with Crippen molar-refractivity contribution in [2.75, 3.05) is 18.0 Å². The molecule has 1 aliphatic rings. The average Bonchev–Trinajstić information content (AvgIpc) is 2.66. The number of urea groups is 1. The number of benzene rings is 1. The molecule has 1 saturated heterocycles. The summed E-state index contributed by atoms with van der Waals surface area (Å²) in [6, 6.07) is 8.47. The van der Waals surface area contributed by atoms with Crippen molar-refractivity contribution in [1.82, 2.24) is 10.2 Å². The van der Waals surface area contributed by atoms with Crippen LogP contribution in [-0.4, -0.2) is 41.4 Å². The van der Waals surface area contributed by atoms with Gasteiger partial charge in [-0.25, -0.2) is 4.79 Å². The van der Waals surface area contributed by atoms with Gasteiger partial charge in [-0.1, -0.05) is 18.2 Å². The molecule has 6 heteroatoms. The molecule has 0 unspecified atom stereocenters. The predicted octanol–water partition coefficient (Wildman–Crippen LogP) is 1.37. The molecule has 0 aliphatic carbocycles. The van der Waals surface area contributed by atoms with E-state index in [0.29, 0.717) is 5.69 Å². The number of anilines is 1. The fraction of sp³-hybridized carbons (Fsp3) is 0.400. The van der Waals surface area contributed by atoms with Crippen LogP contribution in [-0.2, 0) is 9.59 Å². The third-order valence-electron chi connectivity index (χ3n) is 2.94. The van der Waals surface area contributed by atoms with Gasteiger partial charge in [0.05, 0.1) is 0 Å². The first kappa shape index (κ1) is 15.0. The predicted molar refractivity (Wildman–Crippen MR) is 78.8 cm³/mol. The van der Waals surface area contributed by atoms with E-state index in [1.807, 2.05) is 26.8 Å². The first-order chi connectivity index (χ1) is 9.78. The van der Waals surface area contributed by atoms with Crippen LogP contribution in [0.4, 0.5) is 10.5 Å². The minimum absolute atomic E-state index is 0.0361. The topological polar surface area (TPSA) is 69.7 Å². The lowest BCUT2D eigenvalue weighted by atomic mass is 10.1. The molecule has 1 fully saturated rings. The van der Waals surface area contributed by atoms with E-state index in [2.05, 4.69) is 5.32 Å². The van der Waals surface area contributed by atoms with E-state index in [1.54, 1.807) is 24.3 Å². The lowest BCUT2D eigenvalue weighted by molar-refractivity contribution is -0.131. The smallest absolute Gasteiger partial charge is 0.332 e. The molecule has 1 aromatic rings. The molecule has 1 heterocycles. The van der Waals surface area contributed by atoms with Gasteiger partial charge >= 0.3 is 6.03 Å². The average molecular weight is 289 g/mol. The number of nitrogens with one attached hydrogen (secondary N) is 1. The van der Waals surface area contributed by atoms with Crippen molar-refractivity contribution in [3.05, 3.63) is 30.3 Å². The zero-order valence-electron chi connectivity index (χ0n) is 12.4. The van der Waals surface area contributed by atoms with Gasteiger partial charge in [0.15, 0.2) is 0 Å². The molecular formula is C15H19N3O3. The van der Waals surface area contributed by atoms with Gasteiger partial charge < -0.3 is 5.32 Å². The molecule has 1 N–H and O–H groups in total. The van der Waals surface area contributed by atoms with Crippen LogP contribution in [0.3, 0.4) is 0 Å². The minimum Gasteiger partial charge on any atom is -0.350 e. The number of para-hydroxylation sites is 1. The highest BCUT2D eigenvalue weighted by Gasteiger charge is 2.38. The summed E-state index contributed by atoms with van der Waals surface area (Å²) in [4.78, 5) is 38.4. The van der Waals surface area contributed by atoms with Crippen LogP contribution in [0, 0.1) is 0 Å². The maximum Gasteiger partial charge on any atom is 0.332 e. The highest BCUT2D eigenvalue weighted by molar-refractivity contribution is 6.13. The number of carbonyl (C=O) groups excluding carboxylic acids is 3. The molecule has 1 aromatic carbocycles. The molecule has 0 spiro atoms. The highest BCUT2D eigenvalue weighted by Crippen LogP contribution is 2.20. The Morgan fingerprint density at radius 2 is 1.81 bits per heavy atom. The lowest BCUT2D eigenvalue weighted by Crippen LogP contribution is -2.47. The first-order valence-corrected chi connectivity index (χ1v) is 6.76. The highest BCUT2D eigenvalue weighted by atomic mass is 16.2. The normalized spacial score (nSPS) is 15.6. The van der Waals surface area contributed by atoms with Gasteiger partial charge in [0.25, 0.3) is 5.91 Å². The Morgan fingerprint density at radius 3 is 2.38 bits per heavy atom. The van der Waals surface area contributed by atoms with Crippen LogP contribution < -0.4 is 10.2 Å². The zero-order valence-corrected chi connectivity index (χ0v) is 12.4. The number of hydrogen-bond donors (Lipinski definition) is 1. The van der Waals surface area contributed by atoms with Crippen LogP contribution in [0.1, 0.15) is 20.8 Å². The fourth-order valence-corrected chi connectivity index (χ4v) is 2.11. The summed E-state index contributed by atoms with van der Waals surface area (Å²) in [5, 5.41) is 2.74. The molecule has 6 nitrogen and oxygen atoms in total. The maximum absolute atomic E-state index is 12.3. The second-order valence-electron chi connectivity index (χ2n) is 5.98. The van der Waals surface area contributed by atoms with Crippen molar-refractivity contribution in [3.63, 3.8) is 0 Å². The Hall–Kier alpha value is -2.37. The van der Waals surface area contributed by atoms with E-state index in [9.17, 15) is 14.4 Å². The molecule has 2 rings (SSSR count). The van der Waals surface area contributed by atoms with E-state index in [4.69, 9.17) is 0 Å². The van der Waals surface area contributed by atoms with Gasteiger partial charge in [-0.05, 0) is 32.9 Å². The maximum atomic E-state index is 12.3. The van der Waals surface area contributed by atoms with Crippen molar-refractivity contribution in [3.8, 4) is 0 Å². The molecule has 0 bridgehead atoms. The second-order valence-corrected chi connectivity index (χ2v) is 5.98. The summed E-state index contributed by atoms with van der Waals surface area (Å²) in [6.45, 7) is 5.24. The molecule has 112 valence electrons. The number of amides is 4. The lowest BCUT2D eigenvalue weighted by Gasteiger charge is -2.22. The van der Waals surface area contributed by atoms with Gasteiger partial charge in [0, 0.05) is 11.2 Å². The SMILES string of the molecule is CC(C)(C)NC(=O)CN1C(=O)CN(c2ccccc2)C1=O. The van der Waals surface area contributed by atoms with Crippen LogP contribution >= 0.6 is 0 Å². The zero-order chi connectivity index (χ0) is 15.6. The number of imide groups is 1. The molecule has 4 amide bonds. The molecule has 1 aliphatic heterocycles. The van der Waals surface area contributed by atoms with Crippen molar-refractivity contribution >= 4 is 23.5 Å². The summed E-state index contributed by atoms with van der Waals surface area (Å²) in [6.07, 6.45) is 0. The molecule has 0 radical (unpaired) electrons. The van der Waals surface area contributed by atoms with Gasteiger partial charge in [-0.2, -0.15) is 0 Å². The standard InChI is InChI=1S/C15H19N3O3/c1-15(2,3)16-12(19)9-18-13(20)10-17(14(18)21)11-7-5-4-6-8-11/h4-8H,9-10H2,1-3H3,(H,16,19). The Labute approximate surface area is 123 Å². The summed E-state index contributed by atoms with van der Waals surface area (Å²) in [7, 11) is 0. The third-order valence-corrected chi connectivity index (χ3v) is 2.94. The molecule has 0 atom stereocenters. The van der Waals surface area contributed by atoms with Gasteiger partial charge in [0.2, 0.25) is 5.91 Å². The van der Waals surface area contributed by atoms with Crippen LogP contribution in [0.5, 0.6) is 0 Å². The van der Waals surface area contributed by atoms with E-state index in [1.165, 1.54) is 4.90 Å². The van der Waals surface area contributed by atoms with Gasteiger partial charge in [-0.15, -0.1) is 0 Å². The van der Waals surface area contributed by atoms with E-state index >= 15 is 0 Å². The first-order valence-electron chi connectivity index (χ1n) is 6.76. The monoisotopic (exact) mass is 289 g/mol. The van der Waals surface area contributed by atoms with E-state index in [0.717, 1.165) is 4.90 Å². The van der Waals surface area contributed by atoms with Crippen LogP contribution in [0.25, 0.3) is 0 Å². The minimum atomic E-state index is -0.463. The van der Waals surface area contributed by atoms with Gasteiger partial charge in [0.1, 0.15) is 13.1 Å². The Bertz CT molecular complexity index is 563. The summed E-state index contributed by atoms with van der Waals surface area (Å²) in [5.41, 5.74) is 0.247. The van der Waals surface area contributed by atoms with Crippen molar-refractivity contribution in [2.45, 2.75) is 26.3 Å². The second kappa shape index (κ2) is 5.55. The van der Waals surface area contributed by atoms with Crippen molar-refractivity contribution < 1.29 is 14.4 Å². The number of carbonyl (C=O) groups is 3. The molecule has 21 heavy (non-hydrogen) atoms. The molecular weight excluding hydrogens is 270 g/mol. The Kier molecular flexibility index (Phi) is 3.97.